The van der Waals surface area contributed by atoms with E-state index >= 15 is 0 Å². The smallest absolute Gasteiger partial charge is 0.230 e. The lowest BCUT2D eigenvalue weighted by atomic mass is 9.95. The van der Waals surface area contributed by atoms with Crippen LogP contribution in [0.3, 0.4) is 0 Å². The van der Waals surface area contributed by atoms with Crippen molar-refractivity contribution in [3.05, 3.63) is 93.4 Å². The Balaban J connectivity index is 1.89. The van der Waals surface area contributed by atoms with Gasteiger partial charge in [0.05, 0.1) is 0 Å². The molecule has 2 aromatic heterocycles. The Labute approximate surface area is 190 Å². The van der Waals surface area contributed by atoms with E-state index in [0.717, 1.165) is 20.1 Å². The second-order valence-corrected chi connectivity index (χ2v) is 8.42. The van der Waals surface area contributed by atoms with E-state index in [1.165, 1.54) is 0 Å². The molecule has 0 aliphatic carbocycles. The van der Waals surface area contributed by atoms with E-state index in [4.69, 9.17) is 11.5 Å². The summed E-state index contributed by atoms with van der Waals surface area (Å²) in [4.78, 5) is 22.3. The Kier molecular flexibility index (Phi) is 5.65. The largest absolute Gasteiger partial charge is 0.398 e. The Morgan fingerprint density at radius 3 is 1.53 bits per heavy atom. The number of benzene rings is 2. The third kappa shape index (κ3) is 3.86. The van der Waals surface area contributed by atoms with Crippen LogP contribution in [0.5, 0.6) is 0 Å². The van der Waals surface area contributed by atoms with Crippen LogP contribution in [0.1, 0.15) is 16.2 Å². The standard InChI is InChI=1S/C23H16Br2N4O/c24-13-5-7-19(26)17(11-13)15-3-1-9-28-21(15)23(30)22-16(4-2-10-29-22)18-12-14(25)6-8-20(18)27/h1-12H,26-27H2. The van der Waals surface area contributed by atoms with Crippen molar-refractivity contribution in [1.29, 1.82) is 0 Å². The van der Waals surface area contributed by atoms with Gasteiger partial charge in [-0.1, -0.05) is 44.0 Å². The van der Waals surface area contributed by atoms with Gasteiger partial charge in [0.2, 0.25) is 5.78 Å². The molecule has 0 atom stereocenters. The summed E-state index contributed by atoms with van der Waals surface area (Å²) in [5.41, 5.74) is 16.8. The summed E-state index contributed by atoms with van der Waals surface area (Å²) in [6.45, 7) is 0. The predicted octanol–water partition coefficient (Wildman–Crippen LogP) is 5.73. The first kappa shape index (κ1) is 20.3. The quantitative estimate of drug-likeness (QED) is 0.263. The summed E-state index contributed by atoms with van der Waals surface area (Å²) in [6.07, 6.45) is 3.17. The Morgan fingerprint density at radius 2 is 1.10 bits per heavy atom. The minimum Gasteiger partial charge on any atom is -0.398 e. The van der Waals surface area contributed by atoms with E-state index in [-0.39, 0.29) is 17.2 Å². The van der Waals surface area contributed by atoms with Crippen molar-refractivity contribution in [1.82, 2.24) is 9.97 Å². The first-order chi connectivity index (χ1) is 14.5. The van der Waals surface area contributed by atoms with Gasteiger partial charge in [0.25, 0.3) is 0 Å². The van der Waals surface area contributed by atoms with Gasteiger partial charge in [-0.15, -0.1) is 0 Å². The van der Waals surface area contributed by atoms with Crippen molar-refractivity contribution >= 4 is 49.0 Å². The molecule has 0 unspecified atom stereocenters. The van der Waals surface area contributed by atoms with Crippen LogP contribution < -0.4 is 11.5 Å². The summed E-state index contributed by atoms with van der Waals surface area (Å²) in [6, 6.07) is 18.2. The SMILES string of the molecule is Nc1ccc(Br)cc1-c1cccnc1C(=O)c1ncccc1-c1cc(Br)ccc1N. The van der Waals surface area contributed by atoms with Gasteiger partial charge >= 0.3 is 0 Å². The van der Waals surface area contributed by atoms with Crippen LogP contribution in [-0.2, 0) is 0 Å². The van der Waals surface area contributed by atoms with E-state index < -0.39 is 0 Å². The number of ketones is 1. The maximum atomic E-state index is 13.6. The fourth-order valence-electron chi connectivity index (χ4n) is 3.24. The summed E-state index contributed by atoms with van der Waals surface area (Å²) in [5.74, 6) is -0.306. The molecule has 0 aliphatic rings. The van der Waals surface area contributed by atoms with E-state index in [2.05, 4.69) is 41.8 Å². The third-order valence-corrected chi connectivity index (χ3v) is 5.64. The number of pyridine rings is 2. The Hall–Kier alpha value is -3.03. The molecule has 0 fully saturated rings. The first-order valence-corrected chi connectivity index (χ1v) is 10.6. The Morgan fingerprint density at radius 1 is 0.667 bits per heavy atom. The molecule has 0 amide bonds. The first-order valence-electron chi connectivity index (χ1n) is 9.01. The zero-order valence-electron chi connectivity index (χ0n) is 15.6. The molecule has 0 saturated carbocycles. The number of anilines is 2. The van der Waals surface area contributed by atoms with Gasteiger partial charge in [0, 0.05) is 55.0 Å². The molecule has 7 heteroatoms. The van der Waals surface area contributed by atoms with Gasteiger partial charge in [-0.25, -0.2) is 0 Å². The average Bonchev–Trinajstić information content (AvgIpc) is 2.76. The molecule has 4 rings (SSSR count). The molecule has 30 heavy (non-hydrogen) atoms. The molecule has 4 N–H and O–H groups in total. The monoisotopic (exact) mass is 522 g/mol. The fraction of sp³-hybridized carbons (Fsp3) is 0. The van der Waals surface area contributed by atoms with Gasteiger partial charge in [0.1, 0.15) is 11.4 Å². The second-order valence-electron chi connectivity index (χ2n) is 6.59. The zero-order chi connectivity index (χ0) is 21.3. The number of carbonyl (C=O) groups is 1. The van der Waals surface area contributed by atoms with Crippen LogP contribution in [0.2, 0.25) is 0 Å². The number of nitrogens with two attached hydrogens (primary N) is 2. The average molecular weight is 524 g/mol. The summed E-state index contributed by atoms with van der Waals surface area (Å²) in [7, 11) is 0. The normalized spacial score (nSPS) is 10.7. The minimum atomic E-state index is -0.306. The van der Waals surface area contributed by atoms with E-state index in [1.807, 2.05) is 36.4 Å². The zero-order valence-corrected chi connectivity index (χ0v) is 18.8. The molecule has 2 heterocycles. The Bertz CT molecular complexity index is 1180. The molecule has 0 radical (unpaired) electrons. The number of nitrogen functional groups attached to an aromatic ring is 2. The van der Waals surface area contributed by atoms with E-state index in [1.54, 1.807) is 36.7 Å². The van der Waals surface area contributed by atoms with Crippen LogP contribution in [0.4, 0.5) is 11.4 Å². The maximum Gasteiger partial charge on any atom is 0.230 e. The third-order valence-electron chi connectivity index (χ3n) is 4.66. The summed E-state index contributed by atoms with van der Waals surface area (Å²) >= 11 is 6.93. The maximum absolute atomic E-state index is 13.6. The highest BCUT2D eigenvalue weighted by molar-refractivity contribution is 9.10. The number of halogens is 2. The van der Waals surface area contributed by atoms with E-state index in [9.17, 15) is 4.79 Å². The van der Waals surface area contributed by atoms with Gasteiger partial charge in [-0.05, 0) is 48.5 Å². The number of rotatable bonds is 4. The van der Waals surface area contributed by atoms with E-state index in [0.29, 0.717) is 22.5 Å². The molecule has 0 bridgehead atoms. The molecule has 4 aromatic rings. The van der Waals surface area contributed by atoms with Crippen LogP contribution in [-0.4, -0.2) is 15.8 Å². The molecule has 0 aliphatic heterocycles. The summed E-state index contributed by atoms with van der Waals surface area (Å²) in [5, 5.41) is 0. The van der Waals surface area contributed by atoms with Gasteiger partial charge in [-0.3, -0.25) is 14.8 Å². The number of carbonyl (C=O) groups excluding carboxylic acids is 1. The fourth-order valence-corrected chi connectivity index (χ4v) is 3.96. The van der Waals surface area contributed by atoms with Crippen molar-refractivity contribution < 1.29 is 4.79 Å². The molecule has 5 nitrogen and oxygen atoms in total. The molecule has 2 aromatic carbocycles. The highest BCUT2D eigenvalue weighted by atomic mass is 79.9. The predicted molar refractivity (Wildman–Crippen MR) is 127 cm³/mol. The van der Waals surface area contributed by atoms with Crippen molar-refractivity contribution in [3.8, 4) is 22.3 Å². The minimum absolute atomic E-state index is 0.274. The molecule has 148 valence electrons. The summed E-state index contributed by atoms with van der Waals surface area (Å²) < 4.78 is 1.71. The number of nitrogens with zero attached hydrogens (tertiary/aromatic N) is 2. The van der Waals surface area contributed by atoms with Gasteiger partial charge in [0.15, 0.2) is 0 Å². The molecule has 0 saturated heterocycles. The molecular weight excluding hydrogens is 508 g/mol. The van der Waals surface area contributed by atoms with Gasteiger partial charge < -0.3 is 11.5 Å². The highest BCUT2D eigenvalue weighted by Crippen LogP contribution is 2.34. The second kappa shape index (κ2) is 8.38. The molecule has 0 spiro atoms. The van der Waals surface area contributed by atoms with Crippen molar-refractivity contribution in [2.75, 3.05) is 11.5 Å². The topological polar surface area (TPSA) is 94.9 Å². The van der Waals surface area contributed by atoms with Crippen molar-refractivity contribution in [3.63, 3.8) is 0 Å². The van der Waals surface area contributed by atoms with Crippen LogP contribution in [0.25, 0.3) is 22.3 Å². The lowest BCUT2D eigenvalue weighted by Crippen LogP contribution is -2.11. The van der Waals surface area contributed by atoms with Crippen LogP contribution in [0.15, 0.2) is 82.0 Å². The lowest BCUT2D eigenvalue weighted by Gasteiger charge is -2.13. The van der Waals surface area contributed by atoms with Crippen molar-refractivity contribution in [2.45, 2.75) is 0 Å². The van der Waals surface area contributed by atoms with Gasteiger partial charge in [-0.2, -0.15) is 0 Å². The number of hydrogen-bond donors (Lipinski definition) is 2. The number of hydrogen-bond acceptors (Lipinski definition) is 5. The van der Waals surface area contributed by atoms with Crippen LogP contribution >= 0.6 is 31.9 Å². The van der Waals surface area contributed by atoms with Crippen LogP contribution in [0, 0.1) is 0 Å². The van der Waals surface area contributed by atoms with Crippen molar-refractivity contribution in [2.24, 2.45) is 0 Å². The highest BCUT2D eigenvalue weighted by Gasteiger charge is 2.22. The lowest BCUT2D eigenvalue weighted by molar-refractivity contribution is 0.103. The molecular formula is C23H16Br2N4O. The number of aromatic nitrogens is 2.